The van der Waals surface area contributed by atoms with Crippen molar-refractivity contribution >= 4 is 11.9 Å². The summed E-state index contributed by atoms with van der Waals surface area (Å²) in [5.74, 6) is 1.99. The van der Waals surface area contributed by atoms with Crippen LogP contribution < -0.4 is 4.90 Å². The van der Waals surface area contributed by atoms with Crippen molar-refractivity contribution in [3.8, 4) is 0 Å². The van der Waals surface area contributed by atoms with E-state index in [-0.39, 0.29) is 5.91 Å². The Balaban J connectivity index is 1.44. The number of likely N-dealkylation sites (tertiary alicyclic amines) is 1. The van der Waals surface area contributed by atoms with Gasteiger partial charge in [0.15, 0.2) is 0 Å². The molecule has 0 spiro atoms. The van der Waals surface area contributed by atoms with Gasteiger partial charge in [-0.05, 0) is 18.2 Å². The smallest absolute Gasteiger partial charge is 0.270 e. The number of carbonyl (C=O) groups is 1. The Morgan fingerprint density at radius 1 is 1.09 bits per heavy atom. The van der Waals surface area contributed by atoms with Crippen molar-refractivity contribution in [3.63, 3.8) is 0 Å². The molecule has 2 aliphatic rings. The number of carbonyl (C=O) groups excluding carboxylic acids is 1. The van der Waals surface area contributed by atoms with Gasteiger partial charge in [-0.3, -0.25) is 4.79 Å². The van der Waals surface area contributed by atoms with Crippen molar-refractivity contribution in [3.05, 3.63) is 42.5 Å². The Bertz CT molecular complexity index is 669. The fourth-order valence-corrected chi connectivity index (χ4v) is 3.62. The number of nitrogens with zero attached hydrogens (tertiary/aromatic N) is 5. The van der Waals surface area contributed by atoms with Gasteiger partial charge < -0.3 is 14.4 Å². The van der Waals surface area contributed by atoms with Gasteiger partial charge in [-0.25, -0.2) is 9.97 Å². The quantitative estimate of drug-likeness (QED) is 0.830. The topological polar surface area (TPSA) is 54.3 Å². The Labute approximate surface area is 129 Å². The summed E-state index contributed by atoms with van der Waals surface area (Å²) in [6.45, 7) is 3.53. The summed E-state index contributed by atoms with van der Waals surface area (Å²) in [5.41, 5.74) is 0.767. The average molecular weight is 297 g/mol. The fourth-order valence-electron chi connectivity index (χ4n) is 3.62. The first-order chi connectivity index (χ1) is 10.7. The zero-order chi connectivity index (χ0) is 15.1. The van der Waals surface area contributed by atoms with Crippen LogP contribution in [0.15, 0.2) is 36.8 Å². The second-order valence-electron chi connectivity index (χ2n) is 6.19. The molecule has 2 atom stereocenters. The maximum Gasteiger partial charge on any atom is 0.270 e. The highest BCUT2D eigenvalue weighted by Crippen LogP contribution is 2.33. The highest BCUT2D eigenvalue weighted by Gasteiger charge is 2.42. The number of fused-ring (bicyclic) bond motifs is 1. The number of aromatic nitrogens is 3. The molecule has 114 valence electrons. The second-order valence-corrected chi connectivity index (χ2v) is 6.19. The summed E-state index contributed by atoms with van der Waals surface area (Å²) >= 11 is 0. The van der Waals surface area contributed by atoms with Crippen LogP contribution in [0.1, 0.15) is 10.5 Å². The van der Waals surface area contributed by atoms with Crippen LogP contribution in [0.25, 0.3) is 0 Å². The third kappa shape index (κ3) is 2.15. The Morgan fingerprint density at radius 3 is 2.36 bits per heavy atom. The number of amides is 1. The van der Waals surface area contributed by atoms with Crippen LogP contribution in [0, 0.1) is 11.8 Å². The van der Waals surface area contributed by atoms with Crippen molar-refractivity contribution in [2.24, 2.45) is 18.9 Å². The van der Waals surface area contributed by atoms with E-state index >= 15 is 0 Å². The van der Waals surface area contributed by atoms with Crippen LogP contribution in [0.3, 0.4) is 0 Å². The Kier molecular flexibility index (Phi) is 3.10. The van der Waals surface area contributed by atoms with E-state index in [2.05, 4.69) is 14.9 Å². The molecule has 4 rings (SSSR count). The van der Waals surface area contributed by atoms with Gasteiger partial charge >= 0.3 is 0 Å². The van der Waals surface area contributed by atoms with Crippen LogP contribution in [0.5, 0.6) is 0 Å². The molecule has 6 nitrogen and oxygen atoms in total. The maximum absolute atomic E-state index is 12.6. The largest absolute Gasteiger partial charge is 0.347 e. The first-order valence-electron chi connectivity index (χ1n) is 7.65. The molecule has 0 N–H and O–H groups in total. The lowest BCUT2D eigenvalue weighted by molar-refractivity contribution is 0.0773. The van der Waals surface area contributed by atoms with Crippen molar-refractivity contribution < 1.29 is 4.79 Å². The summed E-state index contributed by atoms with van der Waals surface area (Å²) in [6, 6.07) is 5.64. The van der Waals surface area contributed by atoms with Crippen LogP contribution in [0.2, 0.25) is 0 Å². The molecular formula is C16H19N5O. The van der Waals surface area contributed by atoms with E-state index in [9.17, 15) is 4.79 Å². The molecule has 1 amide bonds. The van der Waals surface area contributed by atoms with Gasteiger partial charge in [0.2, 0.25) is 5.95 Å². The molecule has 2 aromatic rings. The van der Waals surface area contributed by atoms with Gasteiger partial charge in [-0.1, -0.05) is 0 Å². The lowest BCUT2D eigenvalue weighted by Gasteiger charge is -2.21. The molecule has 2 aliphatic heterocycles. The van der Waals surface area contributed by atoms with E-state index in [1.54, 1.807) is 12.4 Å². The first kappa shape index (κ1) is 13.3. The van der Waals surface area contributed by atoms with Gasteiger partial charge in [0.05, 0.1) is 0 Å². The van der Waals surface area contributed by atoms with E-state index in [1.807, 2.05) is 40.9 Å². The van der Waals surface area contributed by atoms with E-state index in [1.165, 1.54) is 0 Å². The van der Waals surface area contributed by atoms with Gasteiger partial charge in [0.25, 0.3) is 5.91 Å². The molecule has 0 aromatic carbocycles. The third-order valence-corrected chi connectivity index (χ3v) is 4.77. The normalized spacial score (nSPS) is 23.9. The summed E-state index contributed by atoms with van der Waals surface area (Å²) in [7, 11) is 1.92. The SMILES string of the molecule is Cn1cccc1C(=O)N1C[C@@H]2CN(c3ncccn3)C[C@H]2C1. The number of hydrogen-bond acceptors (Lipinski definition) is 4. The summed E-state index contributed by atoms with van der Waals surface area (Å²) < 4.78 is 1.89. The molecule has 2 fully saturated rings. The highest BCUT2D eigenvalue weighted by atomic mass is 16.2. The van der Waals surface area contributed by atoms with Gasteiger partial charge in [-0.2, -0.15) is 0 Å². The summed E-state index contributed by atoms with van der Waals surface area (Å²) in [6.07, 6.45) is 5.47. The number of anilines is 1. The zero-order valence-electron chi connectivity index (χ0n) is 12.6. The molecule has 0 aliphatic carbocycles. The predicted molar refractivity (Wildman–Crippen MR) is 82.5 cm³/mol. The fraction of sp³-hybridized carbons (Fsp3) is 0.438. The molecule has 0 unspecified atom stereocenters. The minimum atomic E-state index is 0.143. The molecule has 0 saturated carbocycles. The Hall–Kier alpha value is -2.37. The third-order valence-electron chi connectivity index (χ3n) is 4.77. The predicted octanol–water partition coefficient (Wildman–Crippen LogP) is 1.02. The molecule has 6 heteroatoms. The van der Waals surface area contributed by atoms with Crippen LogP contribution >= 0.6 is 0 Å². The van der Waals surface area contributed by atoms with E-state index in [0.29, 0.717) is 11.8 Å². The molecule has 2 aromatic heterocycles. The molecular weight excluding hydrogens is 278 g/mol. The van der Waals surface area contributed by atoms with Crippen molar-refractivity contribution in [1.29, 1.82) is 0 Å². The second kappa shape index (κ2) is 5.12. The van der Waals surface area contributed by atoms with E-state index in [4.69, 9.17) is 0 Å². The number of aryl methyl sites for hydroxylation is 1. The van der Waals surface area contributed by atoms with Crippen LogP contribution in [-0.2, 0) is 7.05 Å². The zero-order valence-corrected chi connectivity index (χ0v) is 12.6. The molecule has 0 bridgehead atoms. The highest BCUT2D eigenvalue weighted by molar-refractivity contribution is 5.93. The standard InChI is InChI=1S/C16H19N5O/c1-19-7-2-4-14(19)15(22)20-8-12-10-21(11-13(12)9-20)16-17-5-3-6-18-16/h2-7,12-13H,8-11H2,1H3/t12-,13-/m1/s1. The van der Waals surface area contributed by atoms with Crippen molar-refractivity contribution in [2.75, 3.05) is 31.1 Å². The maximum atomic E-state index is 12.6. The summed E-state index contributed by atoms with van der Waals surface area (Å²) in [4.78, 5) is 25.5. The van der Waals surface area contributed by atoms with E-state index < -0.39 is 0 Å². The number of hydrogen-bond donors (Lipinski definition) is 0. The van der Waals surface area contributed by atoms with E-state index in [0.717, 1.165) is 37.8 Å². The average Bonchev–Trinajstić information content (AvgIpc) is 3.21. The lowest BCUT2D eigenvalue weighted by atomic mass is 10.0. The van der Waals surface area contributed by atoms with Crippen molar-refractivity contribution in [1.82, 2.24) is 19.4 Å². The van der Waals surface area contributed by atoms with Crippen LogP contribution in [-0.4, -0.2) is 51.5 Å². The van der Waals surface area contributed by atoms with Crippen molar-refractivity contribution in [2.45, 2.75) is 0 Å². The Morgan fingerprint density at radius 2 is 1.77 bits per heavy atom. The monoisotopic (exact) mass is 297 g/mol. The summed E-state index contributed by atoms with van der Waals surface area (Å²) in [5, 5.41) is 0. The molecule has 2 saturated heterocycles. The number of rotatable bonds is 2. The van der Waals surface area contributed by atoms with Gasteiger partial charge in [-0.15, -0.1) is 0 Å². The molecule has 0 radical (unpaired) electrons. The van der Waals surface area contributed by atoms with Gasteiger partial charge in [0, 0.05) is 63.7 Å². The molecule has 22 heavy (non-hydrogen) atoms. The lowest BCUT2D eigenvalue weighted by Crippen LogP contribution is -2.34. The van der Waals surface area contributed by atoms with Crippen LogP contribution in [0.4, 0.5) is 5.95 Å². The minimum absolute atomic E-state index is 0.143. The molecule has 4 heterocycles. The minimum Gasteiger partial charge on any atom is -0.347 e. The van der Waals surface area contributed by atoms with Gasteiger partial charge in [0.1, 0.15) is 5.69 Å². The first-order valence-corrected chi connectivity index (χ1v) is 7.65.